The van der Waals surface area contributed by atoms with Crippen LogP contribution in [0.2, 0.25) is 0 Å². The maximum absolute atomic E-state index is 3.48. The molecule has 0 radical (unpaired) electrons. The van der Waals surface area contributed by atoms with Gasteiger partial charge in [0.15, 0.2) is 0 Å². The highest BCUT2D eigenvalue weighted by Crippen LogP contribution is 2.31. The van der Waals surface area contributed by atoms with E-state index >= 15 is 0 Å². The predicted octanol–water partition coefficient (Wildman–Crippen LogP) is 2.37. The number of rotatable bonds is 0. The van der Waals surface area contributed by atoms with Crippen molar-refractivity contribution in [1.29, 1.82) is 0 Å². The average molecular weight is 186 g/mol. The minimum Gasteiger partial charge on any atom is -0.357 e. The van der Waals surface area contributed by atoms with Gasteiger partial charge in [0.05, 0.1) is 0 Å². The minimum absolute atomic E-state index is 0.620. The van der Waals surface area contributed by atoms with Crippen molar-refractivity contribution < 1.29 is 0 Å². The van der Waals surface area contributed by atoms with E-state index < -0.39 is 0 Å². The Morgan fingerprint density at radius 2 is 2.14 bits per heavy atom. The quantitative estimate of drug-likeness (QED) is 0.649. The van der Waals surface area contributed by atoms with Gasteiger partial charge in [-0.1, -0.05) is 25.1 Å². The van der Waals surface area contributed by atoms with Crippen LogP contribution < -0.4 is 5.32 Å². The van der Waals surface area contributed by atoms with Gasteiger partial charge >= 0.3 is 0 Å². The third-order valence-electron chi connectivity index (χ3n) is 3.07. The Morgan fingerprint density at radius 1 is 1.29 bits per heavy atom. The van der Waals surface area contributed by atoms with Gasteiger partial charge < -0.3 is 10.3 Å². The van der Waals surface area contributed by atoms with Crippen molar-refractivity contribution in [2.75, 3.05) is 6.54 Å². The van der Waals surface area contributed by atoms with Gasteiger partial charge in [-0.15, -0.1) is 0 Å². The zero-order valence-electron chi connectivity index (χ0n) is 8.30. The van der Waals surface area contributed by atoms with Gasteiger partial charge in [0, 0.05) is 29.7 Å². The number of hydrogen-bond acceptors (Lipinski definition) is 1. The van der Waals surface area contributed by atoms with E-state index in [1.807, 2.05) is 0 Å². The van der Waals surface area contributed by atoms with E-state index in [9.17, 15) is 0 Å². The lowest BCUT2D eigenvalue weighted by molar-refractivity contribution is 0.568. The van der Waals surface area contributed by atoms with Crippen LogP contribution in [-0.2, 0) is 6.54 Å². The lowest BCUT2D eigenvalue weighted by Crippen LogP contribution is -2.26. The largest absolute Gasteiger partial charge is 0.357 e. The first-order chi connectivity index (χ1) is 6.86. The van der Waals surface area contributed by atoms with Crippen molar-refractivity contribution >= 4 is 10.9 Å². The van der Waals surface area contributed by atoms with Crippen LogP contribution in [0.25, 0.3) is 10.9 Å². The summed E-state index contributed by atoms with van der Waals surface area (Å²) in [5, 5.41) is 4.82. The summed E-state index contributed by atoms with van der Waals surface area (Å²) in [4.78, 5) is 3.48. The molecule has 1 aromatic heterocycles. The summed E-state index contributed by atoms with van der Waals surface area (Å²) >= 11 is 0. The van der Waals surface area contributed by atoms with Crippen molar-refractivity contribution in [3.8, 4) is 0 Å². The standard InChI is InChI=1S/C12H14N2/c1-8-6-13-7-11-12(8)9-4-2-3-5-10(9)14-11/h2-5,8,13-14H,6-7H2,1H3. The molecule has 0 saturated carbocycles. The summed E-state index contributed by atoms with van der Waals surface area (Å²) in [5.74, 6) is 0.620. The molecule has 0 fully saturated rings. The van der Waals surface area contributed by atoms with Crippen molar-refractivity contribution in [1.82, 2.24) is 10.3 Å². The molecule has 1 unspecified atom stereocenters. The number of hydrogen-bond donors (Lipinski definition) is 2. The minimum atomic E-state index is 0.620. The van der Waals surface area contributed by atoms with Crippen molar-refractivity contribution in [3.05, 3.63) is 35.5 Å². The van der Waals surface area contributed by atoms with E-state index in [2.05, 4.69) is 41.5 Å². The van der Waals surface area contributed by atoms with Crippen molar-refractivity contribution in [2.45, 2.75) is 19.4 Å². The summed E-state index contributed by atoms with van der Waals surface area (Å²) < 4.78 is 0. The molecule has 2 aromatic rings. The number of para-hydroxylation sites is 1. The summed E-state index contributed by atoms with van der Waals surface area (Å²) in [5.41, 5.74) is 4.15. The van der Waals surface area contributed by atoms with E-state index in [0.29, 0.717) is 5.92 Å². The van der Waals surface area contributed by atoms with E-state index in [0.717, 1.165) is 13.1 Å². The Balaban J connectivity index is 2.34. The second kappa shape index (κ2) is 2.85. The molecule has 2 N–H and O–H groups in total. The number of H-pyrrole nitrogens is 1. The predicted molar refractivity (Wildman–Crippen MR) is 58.4 cm³/mol. The summed E-state index contributed by atoms with van der Waals surface area (Å²) in [6.45, 7) is 4.36. The first-order valence-electron chi connectivity index (χ1n) is 5.16. The molecule has 72 valence electrons. The van der Waals surface area contributed by atoms with Crippen LogP contribution in [0.15, 0.2) is 24.3 Å². The topological polar surface area (TPSA) is 27.8 Å². The second-order valence-corrected chi connectivity index (χ2v) is 4.09. The number of aromatic nitrogens is 1. The van der Waals surface area contributed by atoms with Gasteiger partial charge in [-0.05, 0) is 17.5 Å². The third-order valence-corrected chi connectivity index (χ3v) is 3.07. The van der Waals surface area contributed by atoms with Gasteiger partial charge in [-0.25, -0.2) is 0 Å². The molecular weight excluding hydrogens is 172 g/mol. The fraction of sp³-hybridized carbons (Fsp3) is 0.333. The number of benzene rings is 1. The van der Waals surface area contributed by atoms with Gasteiger partial charge in [-0.2, -0.15) is 0 Å². The lowest BCUT2D eigenvalue weighted by atomic mass is 9.95. The molecule has 1 aliphatic rings. The maximum atomic E-state index is 3.48. The van der Waals surface area contributed by atoms with Gasteiger partial charge in [0.2, 0.25) is 0 Å². The van der Waals surface area contributed by atoms with Crippen LogP contribution in [-0.4, -0.2) is 11.5 Å². The molecule has 1 aliphatic heterocycles. The number of aromatic amines is 1. The molecule has 2 nitrogen and oxygen atoms in total. The van der Waals surface area contributed by atoms with Crippen LogP contribution in [0.3, 0.4) is 0 Å². The first-order valence-corrected chi connectivity index (χ1v) is 5.16. The van der Waals surface area contributed by atoms with Gasteiger partial charge in [-0.3, -0.25) is 0 Å². The lowest BCUT2D eigenvalue weighted by Gasteiger charge is -2.20. The normalized spacial score (nSPS) is 21.1. The smallest absolute Gasteiger partial charge is 0.0459 e. The Morgan fingerprint density at radius 3 is 3.07 bits per heavy atom. The molecule has 1 aromatic carbocycles. The van der Waals surface area contributed by atoms with Gasteiger partial charge in [0.1, 0.15) is 0 Å². The molecule has 0 bridgehead atoms. The van der Waals surface area contributed by atoms with E-state index in [-0.39, 0.29) is 0 Å². The number of nitrogens with one attached hydrogen (secondary N) is 2. The van der Waals surface area contributed by atoms with E-state index in [4.69, 9.17) is 0 Å². The highest BCUT2D eigenvalue weighted by atomic mass is 14.9. The van der Waals surface area contributed by atoms with Gasteiger partial charge in [0.25, 0.3) is 0 Å². The van der Waals surface area contributed by atoms with Crippen LogP contribution in [0.5, 0.6) is 0 Å². The Bertz CT molecular complexity index is 470. The number of fused-ring (bicyclic) bond motifs is 3. The van der Waals surface area contributed by atoms with E-state index in [1.165, 1.54) is 22.2 Å². The zero-order valence-corrected chi connectivity index (χ0v) is 8.30. The highest BCUT2D eigenvalue weighted by molar-refractivity contribution is 5.85. The highest BCUT2D eigenvalue weighted by Gasteiger charge is 2.20. The molecule has 2 heteroatoms. The molecular formula is C12H14N2. The average Bonchev–Trinajstić information content (AvgIpc) is 2.57. The van der Waals surface area contributed by atoms with Crippen LogP contribution in [0.1, 0.15) is 24.1 Å². The van der Waals surface area contributed by atoms with E-state index in [1.54, 1.807) is 0 Å². The summed E-state index contributed by atoms with van der Waals surface area (Å²) in [7, 11) is 0. The fourth-order valence-electron chi connectivity index (χ4n) is 2.44. The second-order valence-electron chi connectivity index (χ2n) is 4.09. The fourth-order valence-corrected chi connectivity index (χ4v) is 2.44. The Kier molecular flexibility index (Phi) is 1.64. The van der Waals surface area contributed by atoms with Crippen molar-refractivity contribution in [3.63, 3.8) is 0 Å². The molecule has 2 heterocycles. The molecule has 0 spiro atoms. The summed E-state index contributed by atoms with van der Waals surface area (Å²) in [6, 6.07) is 8.57. The molecule has 0 amide bonds. The van der Waals surface area contributed by atoms with Crippen LogP contribution >= 0.6 is 0 Å². The maximum Gasteiger partial charge on any atom is 0.0459 e. The Hall–Kier alpha value is -1.28. The SMILES string of the molecule is CC1CNCc2[nH]c3ccccc3c21. The molecule has 1 atom stereocenters. The zero-order chi connectivity index (χ0) is 9.54. The molecule has 14 heavy (non-hydrogen) atoms. The molecule has 0 aliphatic carbocycles. The monoisotopic (exact) mass is 186 g/mol. The van der Waals surface area contributed by atoms with Crippen molar-refractivity contribution in [2.24, 2.45) is 0 Å². The third kappa shape index (κ3) is 1.01. The Labute approximate surface area is 83.3 Å². The first kappa shape index (κ1) is 8.06. The summed E-state index contributed by atoms with van der Waals surface area (Å²) in [6.07, 6.45) is 0. The molecule has 3 rings (SSSR count). The molecule has 0 saturated heterocycles. The van der Waals surface area contributed by atoms with Crippen LogP contribution in [0, 0.1) is 0 Å². The van der Waals surface area contributed by atoms with Crippen LogP contribution in [0.4, 0.5) is 0 Å².